The van der Waals surface area contributed by atoms with Gasteiger partial charge in [-0.25, -0.2) is 4.57 Å². The number of rotatable bonds is 40. The monoisotopic (exact) mass is 759 g/mol. The molecule has 3 N–H and O–H groups in total. The lowest BCUT2D eigenvalue weighted by atomic mass is 10.1. The third kappa shape index (κ3) is 38.4. The summed E-state index contributed by atoms with van der Waals surface area (Å²) in [6.45, 7) is 3.45. The lowest BCUT2D eigenvalue weighted by Crippen LogP contribution is -2.29. The zero-order chi connectivity index (χ0) is 38.2. The first kappa shape index (κ1) is 50.7. The second-order valence-corrected chi connectivity index (χ2v) is 15.5. The summed E-state index contributed by atoms with van der Waals surface area (Å²) in [5.74, 6) is -0.394. The largest absolute Gasteiger partial charge is 0.472 e. The Morgan fingerprint density at radius 3 is 1.60 bits per heavy atom. The van der Waals surface area contributed by atoms with Gasteiger partial charge in [-0.1, -0.05) is 140 Å². The molecule has 0 saturated carbocycles. The molecule has 0 aromatic carbocycles. The van der Waals surface area contributed by atoms with Crippen molar-refractivity contribution in [2.45, 2.75) is 193 Å². The van der Waals surface area contributed by atoms with Crippen LogP contribution in [0.5, 0.6) is 0 Å². The van der Waals surface area contributed by atoms with Gasteiger partial charge in [0.25, 0.3) is 0 Å². The molecular weight excluding hydrogens is 679 g/mol. The van der Waals surface area contributed by atoms with E-state index in [0.717, 1.165) is 70.6 Å². The molecule has 0 aromatic heterocycles. The van der Waals surface area contributed by atoms with Crippen molar-refractivity contribution in [2.24, 2.45) is 0 Å². The van der Waals surface area contributed by atoms with Gasteiger partial charge in [0.1, 0.15) is 12.2 Å². The number of hydrogen-bond donors (Lipinski definition) is 3. The van der Waals surface area contributed by atoms with Crippen LogP contribution in [0.15, 0.2) is 36.5 Å². The average Bonchev–Trinajstić information content (AvgIpc) is 3.13. The molecule has 0 aliphatic carbocycles. The summed E-state index contributed by atoms with van der Waals surface area (Å²) in [5.41, 5.74) is 0. The minimum Gasteiger partial charge on any atom is -0.457 e. The maximum absolute atomic E-state index is 12.6. The van der Waals surface area contributed by atoms with Gasteiger partial charge in [0.05, 0.1) is 26.4 Å². The third-order valence-corrected chi connectivity index (χ3v) is 9.75. The number of carbonyl (C=O) groups excluding carboxylic acids is 1. The summed E-state index contributed by atoms with van der Waals surface area (Å²) in [5, 5.41) is 18.3. The van der Waals surface area contributed by atoms with Crippen molar-refractivity contribution in [3.63, 3.8) is 0 Å². The number of hydrogen-bond acceptors (Lipinski definition) is 8. The highest BCUT2D eigenvalue weighted by Crippen LogP contribution is 2.43. The molecule has 306 valence electrons. The van der Waals surface area contributed by atoms with Gasteiger partial charge in [0, 0.05) is 13.0 Å². The first-order valence-corrected chi connectivity index (χ1v) is 22.5. The molecule has 0 aromatic rings. The van der Waals surface area contributed by atoms with Crippen molar-refractivity contribution in [3.8, 4) is 0 Å². The van der Waals surface area contributed by atoms with Gasteiger partial charge in [-0.15, -0.1) is 0 Å². The fraction of sp³-hybridized carbons (Fsp3) is 0.833. The predicted molar refractivity (Wildman–Crippen MR) is 214 cm³/mol. The standard InChI is InChI=1S/C42H79O9P/c1-3-5-7-9-11-13-15-17-18-19-20-21-23-25-27-29-31-33-35-48-38-41(39-50-52(46,47)49-37-40(44)36-43)51-42(45)34-32-30-28-26-24-22-16-14-12-10-8-6-4-2/h11,13-14,16-18,40-41,43-44H,3-10,12,15,19-39H2,1-2H3,(H,46,47)/b13-11-,16-14-,18-17-. The lowest BCUT2D eigenvalue weighted by molar-refractivity contribution is -0.154. The zero-order valence-corrected chi connectivity index (χ0v) is 34.2. The predicted octanol–water partition coefficient (Wildman–Crippen LogP) is 11.3. The minimum atomic E-state index is -4.52. The van der Waals surface area contributed by atoms with Crippen LogP contribution in [0.2, 0.25) is 0 Å². The highest BCUT2D eigenvalue weighted by Gasteiger charge is 2.26. The fourth-order valence-corrected chi connectivity index (χ4v) is 6.35. The Labute approximate surface area is 318 Å². The number of aliphatic hydroxyl groups excluding tert-OH is 2. The van der Waals surface area contributed by atoms with Gasteiger partial charge in [-0.2, -0.15) is 0 Å². The van der Waals surface area contributed by atoms with Gasteiger partial charge in [0.2, 0.25) is 0 Å². The van der Waals surface area contributed by atoms with Crippen LogP contribution in [0.1, 0.15) is 181 Å². The summed E-state index contributed by atoms with van der Waals surface area (Å²) in [6, 6.07) is 0. The van der Waals surface area contributed by atoms with Crippen molar-refractivity contribution in [3.05, 3.63) is 36.5 Å². The summed E-state index contributed by atoms with van der Waals surface area (Å²) in [4.78, 5) is 22.5. The second kappa shape index (κ2) is 39.4. The molecule has 0 bridgehead atoms. The zero-order valence-electron chi connectivity index (χ0n) is 33.3. The van der Waals surface area contributed by atoms with E-state index in [4.69, 9.17) is 23.6 Å². The van der Waals surface area contributed by atoms with Crippen molar-refractivity contribution < 1.29 is 43.0 Å². The molecule has 0 saturated heterocycles. The van der Waals surface area contributed by atoms with Crippen LogP contribution >= 0.6 is 7.82 Å². The van der Waals surface area contributed by atoms with Gasteiger partial charge in [-0.05, 0) is 70.6 Å². The smallest absolute Gasteiger partial charge is 0.457 e. The Hall–Kier alpha value is -1.32. The van der Waals surface area contributed by atoms with E-state index < -0.39 is 39.2 Å². The molecule has 0 heterocycles. The molecule has 0 rings (SSSR count). The number of unbranched alkanes of at least 4 members (excludes halogenated alkanes) is 20. The maximum Gasteiger partial charge on any atom is 0.472 e. The number of phosphoric acid groups is 1. The first-order chi connectivity index (χ1) is 25.3. The number of allylic oxidation sites excluding steroid dienone is 6. The van der Waals surface area contributed by atoms with Crippen molar-refractivity contribution in [1.29, 1.82) is 0 Å². The number of carbonyl (C=O) groups is 1. The topological polar surface area (TPSA) is 132 Å². The lowest BCUT2D eigenvalue weighted by Gasteiger charge is -2.20. The minimum absolute atomic E-state index is 0.0425. The van der Waals surface area contributed by atoms with Crippen LogP contribution in [0.4, 0.5) is 0 Å². The van der Waals surface area contributed by atoms with Crippen LogP contribution in [-0.2, 0) is 27.9 Å². The number of esters is 1. The molecule has 10 heteroatoms. The highest BCUT2D eigenvalue weighted by atomic mass is 31.2. The van der Waals surface area contributed by atoms with E-state index in [1.807, 2.05) is 0 Å². The SMILES string of the molecule is CCCCC/C=C\C/C=C\CCCCCCCCCCOCC(COP(=O)(O)OCC(O)CO)OC(=O)CCCCCCC/C=C\CCCCCC. The Morgan fingerprint density at radius 1 is 0.596 bits per heavy atom. The van der Waals surface area contributed by atoms with Gasteiger partial charge < -0.3 is 24.6 Å². The molecule has 3 atom stereocenters. The van der Waals surface area contributed by atoms with Gasteiger partial charge in [0.15, 0.2) is 0 Å². The van der Waals surface area contributed by atoms with E-state index in [0.29, 0.717) is 6.61 Å². The Kier molecular flexibility index (Phi) is 38.4. The molecular formula is C42H79O9P. The summed E-state index contributed by atoms with van der Waals surface area (Å²) in [7, 11) is -4.52. The van der Waals surface area contributed by atoms with Crippen molar-refractivity contribution in [2.75, 3.05) is 33.0 Å². The quantitative estimate of drug-likeness (QED) is 0.0242. The molecule has 0 amide bonds. The average molecular weight is 759 g/mol. The van der Waals surface area contributed by atoms with E-state index in [1.165, 1.54) is 89.9 Å². The van der Waals surface area contributed by atoms with Crippen LogP contribution in [-0.4, -0.2) is 66.3 Å². The molecule has 0 aliphatic heterocycles. The first-order valence-electron chi connectivity index (χ1n) is 21.0. The highest BCUT2D eigenvalue weighted by molar-refractivity contribution is 7.47. The molecule has 0 fully saturated rings. The fourth-order valence-electron chi connectivity index (χ4n) is 5.56. The van der Waals surface area contributed by atoms with E-state index in [9.17, 15) is 19.4 Å². The van der Waals surface area contributed by atoms with Crippen LogP contribution < -0.4 is 0 Å². The van der Waals surface area contributed by atoms with E-state index in [-0.39, 0.29) is 19.6 Å². The summed E-state index contributed by atoms with van der Waals surface area (Å²) < 4.78 is 33.3. The van der Waals surface area contributed by atoms with Crippen LogP contribution in [0.3, 0.4) is 0 Å². The molecule has 0 radical (unpaired) electrons. The third-order valence-electron chi connectivity index (χ3n) is 8.80. The van der Waals surface area contributed by atoms with E-state index in [1.54, 1.807) is 0 Å². The van der Waals surface area contributed by atoms with Gasteiger partial charge in [-0.3, -0.25) is 13.8 Å². The molecule has 3 unspecified atom stereocenters. The maximum atomic E-state index is 12.6. The van der Waals surface area contributed by atoms with Crippen LogP contribution in [0.25, 0.3) is 0 Å². The Balaban J connectivity index is 4.19. The van der Waals surface area contributed by atoms with Crippen molar-refractivity contribution in [1.82, 2.24) is 0 Å². The Bertz CT molecular complexity index is 908. The molecule has 52 heavy (non-hydrogen) atoms. The normalized spacial score (nSPS) is 14.5. The number of ether oxygens (including phenoxy) is 2. The van der Waals surface area contributed by atoms with Crippen LogP contribution in [0, 0.1) is 0 Å². The number of aliphatic hydroxyl groups is 2. The summed E-state index contributed by atoms with van der Waals surface area (Å²) in [6.07, 6.45) is 41.0. The summed E-state index contributed by atoms with van der Waals surface area (Å²) >= 11 is 0. The molecule has 0 spiro atoms. The van der Waals surface area contributed by atoms with Crippen molar-refractivity contribution >= 4 is 13.8 Å². The van der Waals surface area contributed by atoms with E-state index in [2.05, 4.69) is 50.3 Å². The second-order valence-electron chi connectivity index (χ2n) is 14.0. The van der Waals surface area contributed by atoms with E-state index >= 15 is 0 Å². The number of phosphoric ester groups is 1. The molecule has 9 nitrogen and oxygen atoms in total. The Morgan fingerprint density at radius 2 is 1.04 bits per heavy atom. The molecule has 0 aliphatic rings. The van der Waals surface area contributed by atoms with Gasteiger partial charge >= 0.3 is 13.8 Å².